The van der Waals surface area contributed by atoms with Crippen LogP contribution in [0.5, 0.6) is 0 Å². The maximum Gasteiger partial charge on any atom is 0.351 e. The van der Waals surface area contributed by atoms with E-state index >= 15 is 0 Å². The smallest absolute Gasteiger partial charge is 0.351 e. The first-order chi connectivity index (χ1) is 10.2. The minimum absolute atomic E-state index is 0.0411. The quantitative estimate of drug-likeness (QED) is 0.315. The lowest BCUT2D eigenvalue weighted by Crippen LogP contribution is -2.32. The highest BCUT2D eigenvalue weighted by atomic mass is 35.5. The number of allylic oxidation sites excluding steroid dienone is 1. The van der Waals surface area contributed by atoms with Gasteiger partial charge >= 0.3 is 17.6 Å². The number of nitrogens with zero attached hydrogens (tertiary/aromatic N) is 1. The Hall–Kier alpha value is -2.61. The molecule has 1 rings (SSSR count). The summed E-state index contributed by atoms with van der Waals surface area (Å²) in [6.07, 6.45) is 0. The lowest BCUT2D eigenvalue weighted by molar-refractivity contribution is -0.436. The van der Waals surface area contributed by atoms with Crippen LogP contribution in [-0.2, 0) is 9.59 Å². The van der Waals surface area contributed by atoms with E-state index in [-0.39, 0.29) is 10.6 Å². The fourth-order valence-electron chi connectivity index (χ4n) is 2.10. The Morgan fingerprint density at radius 3 is 2.14 bits per heavy atom. The topological polar surface area (TPSA) is 138 Å². The highest BCUT2D eigenvalue weighted by molar-refractivity contribution is 6.31. The van der Waals surface area contributed by atoms with E-state index in [9.17, 15) is 24.8 Å². The van der Waals surface area contributed by atoms with Crippen molar-refractivity contribution in [3.63, 3.8) is 0 Å². The summed E-state index contributed by atoms with van der Waals surface area (Å²) < 4.78 is 0. The highest BCUT2D eigenvalue weighted by Gasteiger charge is 2.45. The molecule has 2 atom stereocenters. The third-order valence-corrected chi connectivity index (χ3v) is 3.34. The molecule has 0 heterocycles. The monoisotopic (exact) mass is 329 g/mol. The predicted octanol–water partition coefficient (Wildman–Crippen LogP) is 2.28. The molecular formula is C13H12ClNO7. The maximum atomic E-state index is 11.6. The van der Waals surface area contributed by atoms with Gasteiger partial charge in [-0.2, -0.15) is 0 Å². The first-order valence-corrected chi connectivity index (χ1v) is 6.30. The molecule has 2 unspecified atom stereocenters. The van der Waals surface area contributed by atoms with Crippen LogP contribution in [0.15, 0.2) is 35.9 Å². The molecule has 0 spiro atoms. The van der Waals surface area contributed by atoms with Gasteiger partial charge in [0.15, 0.2) is 0 Å². The van der Waals surface area contributed by atoms with E-state index in [1.165, 1.54) is 24.3 Å². The molecule has 0 bridgehead atoms. The molecular weight excluding hydrogens is 318 g/mol. The van der Waals surface area contributed by atoms with Gasteiger partial charge in [0.05, 0.1) is 4.92 Å². The number of ketones is 1. The molecule has 118 valence electrons. The van der Waals surface area contributed by atoms with Crippen molar-refractivity contribution in [2.24, 2.45) is 5.92 Å². The van der Waals surface area contributed by atoms with Crippen molar-refractivity contribution in [3.8, 4) is 0 Å². The molecule has 1 aromatic rings. The van der Waals surface area contributed by atoms with E-state index in [2.05, 4.69) is 0 Å². The second-order valence-electron chi connectivity index (χ2n) is 4.39. The number of carbonyl (C=O) groups excluding carboxylic acids is 1. The van der Waals surface area contributed by atoms with Gasteiger partial charge in [0.25, 0.3) is 0 Å². The van der Waals surface area contributed by atoms with Crippen molar-refractivity contribution >= 4 is 23.4 Å². The number of halogens is 1. The zero-order valence-electron chi connectivity index (χ0n) is 11.3. The number of benzene rings is 1. The second kappa shape index (κ2) is 6.90. The Labute approximate surface area is 129 Å². The Balaban J connectivity index is 3.69. The van der Waals surface area contributed by atoms with E-state index in [4.69, 9.17) is 21.8 Å². The van der Waals surface area contributed by atoms with Crippen LogP contribution in [0.2, 0.25) is 5.02 Å². The lowest BCUT2D eigenvalue weighted by Gasteiger charge is -2.20. The molecule has 3 N–H and O–H groups in total. The number of carboxylic acid groups (broad SMARTS) is 1. The molecule has 1 aromatic carbocycles. The normalized spacial score (nSPS) is 13.0. The van der Waals surface area contributed by atoms with Crippen LogP contribution < -0.4 is 0 Å². The summed E-state index contributed by atoms with van der Waals surface area (Å²) >= 11 is 5.91. The first-order valence-electron chi connectivity index (χ1n) is 5.92. The number of aliphatic hydroxyl groups excluding tert-OH is 1. The van der Waals surface area contributed by atoms with Gasteiger partial charge in [-0.05, 0) is 18.6 Å². The minimum atomic E-state index is -1.89. The van der Waals surface area contributed by atoms with Gasteiger partial charge < -0.3 is 15.3 Å². The summed E-state index contributed by atoms with van der Waals surface area (Å²) in [6, 6.07) is 5.55. The number of hydrogen-bond donors (Lipinski definition) is 3. The van der Waals surface area contributed by atoms with Crippen molar-refractivity contribution in [1.82, 2.24) is 0 Å². The molecule has 0 aliphatic rings. The number of carboxylic acids is 1. The Morgan fingerprint density at radius 1 is 1.23 bits per heavy atom. The molecule has 0 radical (unpaired) electrons. The van der Waals surface area contributed by atoms with Crippen LogP contribution in [-0.4, -0.2) is 32.0 Å². The minimum Gasteiger partial charge on any atom is -0.481 e. The maximum absolute atomic E-state index is 11.6. The molecule has 9 heteroatoms. The summed E-state index contributed by atoms with van der Waals surface area (Å²) in [5, 5.41) is 38.6. The SMILES string of the molecule is CC(=O)C(C(=O)O)C(C(=C(O)O)[N+](=O)[O-])c1ccccc1Cl. The number of carbonyl (C=O) groups is 2. The average molecular weight is 330 g/mol. The van der Waals surface area contributed by atoms with Crippen molar-refractivity contribution in [2.75, 3.05) is 0 Å². The molecule has 0 aromatic heterocycles. The van der Waals surface area contributed by atoms with Crippen molar-refractivity contribution in [3.05, 3.63) is 56.6 Å². The van der Waals surface area contributed by atoms with Gasteiger partial charge in [0, 0.05) is 5.02 Å². The van der Waals surface area contributed by atoms with E-state index < -0.39 is 40.2 Å². The summed E-state index contributed by atoms with van der Waals surface area (Å²) in [5.74, 6) is -7.85. The number of rotatable bonds is 6. The Morgan fingerprint density at radius 2 is 1.77 bits per heavy atom. The molecule has 0 saturated heterocycles. The van der Waals surface area contributed by atoms with Crippen LogP contribution in [0.3, 0.4) is 0 Å². The Kier molecular flexibility index (Phi) is 5.47. The fraction of sp³-hybridized carbons (Fsp3) is 0.231. The number of aliphatic carboxylic acids is 1. The van der Waals surface area contributed by atoms with Gasteiger partial charge in [0.1, 0.15) is 17.6 Å². The molecule has 0 aliphatic heterocycles. The van der Waals surface area contributed by atoms with E-state index in [0.29, 0.717) is 0 Å². The van der Waals surface area contributed by atoms with Crippen molar-refractivity contribution in [2.45, 2.75) is 12.8 Å². The highest BCUT2D eigenvalue weighted by Crippen LogP contribution is 2.38. The summed E-state index contributed by atoms with van der Waals surface area (Å²) in [6.45, 7) is 0.939. The molecule has 22 heavy (non-hydrogen) atoms. The standard InChI is InChI=1S/C13H12ClNO7/c1-6(16)9(12(17)18)10(11(13(19)20)15(21)22)7-4-2-3-5-8(7)14/h2-5,9-10,19-20H,1H3,(H,17,18). The average Bonchev–Trinajstić information content (AvgIpc) is 2.36. The number of nitro groups is 1. The summed E-state index contributed by atoms with van der Waals surface area (Å²) in [7, 11) is 0. The molecule has 0 fully saturated rings. The van der Waals surface area contributed by atoms with E-state index in [1.54, 1.807) is 0 Å². The number of hydrogen-bond acceptors (Lipinski definition) is 6. The first kappa shape index (κ1) is 17.4. The molecule has 8 nitrogen and oxygen atoms in total. The predicted molar refractivity (Wildman–Crippen MR) is 75.3 cm³/mol. The number of aliphatic hydroxyl groups is 2. The van der Waals surface area contributed by atoms with Crippen molar-refractivity contribution in [1.29, 1.82) is 0 Å². The lowest BCUT2D eigenvalue weighted by atomic mass is 9.81. The summed E-state index contributed by atoms with van der Waals surface area (Å²) in [5.41, 5.74) is -1.28. The van der Waals surface area contributed by atoms with Gasteiger partial charge in [0.2, 0.25) is 0 Å². The number of Topliss-reactive ketones (excluding diaryl/α,β-unsaturated/α-hetero) is 1. The van der Waals surface area contributed by atoms with Gasteiger partial charge in [-0.3, -0.25) is 19.7 Å². The van der Waals surface area contributed by atoms with Crippen molar-refractivity contribution < 1.29 is 29.8 Å². The summed E-state index contributed by atoms with van der Waals surface area (Å²) in [4.78, 5) is 32.9. The fourth-order valence-corrected chi connectivity index (χ4v) is 2.35. The van der Waals surface area contributed by atoms with Crippen LogP contribution in [0.1, 0.15) is 18.4 Å². The van der Waals surface area contributed by atoms with Gasteiger partial charge in [-0.1, -0.05) is 29.8 Å². The van der Waals surface area contributed by atoms with Gasteiger partial charge in [-0.15, -0.1) is 0 Å². The largest absolute Gasteiger partial charge is 0.481 e. The van der Waals surface area contributed by atoms with E-state index in [0.717, 1.165) is 6.92 Å². The van der Waals surface area contributed by atoms with Crippen LogP contribution >= 0.6 is 11.6 Å². The van der Waals surface area contributed by atoms with Crippen LogP contribution in [0.4, 0.5) is 0 Å². The van der Waals surface area contributed by atoms with Crippen LogP contribution in [0.25, 0.3) is 0 Å². The molecule has 0 saturated carbocycles. The zero-order chi connectivity index (χ0) is 17.0. The van der Waals surface area contributed by atoms with Crippen LogP contribution in [0, 0.1) is 16.0 Å². The third kappa shape index (κ3) is 3.53. The third-order valence-electron chi connectivity index (χ3n) is 3.00. The zero-order valence-corrected chi connectivity index (χ0v) is 12.0. The van der Waals surface area contributed by atoms with E-state index in [1.807, 2.05) is 0 Å². The Bertz CT molecular complexity index is 638. The molecule has 0 amide bonds. The molecule has 0 aliphatic carbocycles. The second-order valence-corrected chi connectivity index (χ2v) is 4.80. The van der Waals surface area contributed by atoms with Gasteiger partial charge in [-0.25, -0.2) is 0 Å².